The third-order valence-corrected chi connectivity index (χ3v) is 3.45. The molecule has 0 spiro atoms. The standard InChI is InChI=1S/C13H11NO5/c15-10-6-5-9(12(16)17)14(10)11-7-3-1-2-4-8(7)13(18)19-11/h1-4,9,11H,5-6H2,(H,16,17)/p-1/t9-,11+/m1/s1. The van der Waals surface area contributed by atoms with Gasteiger partial charge in [0.05, 0.1) is 17.6 Å². The van der Waals surface area contributed by atoms with E-state index in [0.29, 0.717) is 11.1 Å². The van der Waals surface area contributed by atoms with E-state index in [9.17, 15) is 19.5 Å². The minimum atomic E-state index is -1.33. The molecule has 0 bridgehead atoms. The second-order valence-corrected chi connectivity index (χ2v) is 4.52. The Labute approximate surface area is 108 Å². The van der Waals surface area contributed by atoms with Crippen LogP contribution in [0.4, 0.5) is 0 Å². The molecule has 6 nitrogen and oxygen atoms in total. The number of cyclic esters (lactones) is 1. The van der Waals surface area contributed by atoms with Crippen LogP contribution in [0.1, 0.15) is 35.0 Å². The van der Waals surface area contributed by atoms with Gasteiger partial charge in [0.25, 0.3) is 0 Å². The van der Waals surface area contributed by atoms with Crippen LogP contribution in [0.2, 0.25) is 0 Å². The van der Waals surface area contributed by atoms with Crippen molar-refractivity contribution in [1.29, 1.82) is 0 Å². The summed E-state index contributed by atoms with van der Waals surface area (Å²) in [5.41, 5.74) is 0.887. The van der Waals surface area contributed by atoms with E-state index in [1.165, 1.54) is 0 Å². The van der Waals surface area contributed by atoms with Crippen molar-refractivity contribution in [2.75, 3.05) is 0 Å². The van der Waals surface area contributed by atoms with Gasteiger partial charge < -0.3 is 14.6 Å². The van der Waals surface area contributed by atoms with E-state index in [2.05, 4.69) is 0 Å². The molecule has 2 heterocycles. The maximum absolute atomic E-state index is 11.8. The molecule has 1 aromatic carbocycles. The van der Waals surface area contributed by atoms with E-state index < -0.39 is 24.2 Å². The fourth-order valence-electron chi connectivity index (χ4n) is 2.56. The van der Waals surface area contributed by atoms with E-state index >= 15 is 0 Å². The highest BCUT2D eigenvalue weighted by Gasteiger charge is 2.43. The van der Waals surface area contributed by atoms with Gasteiger partial charge in [-0.15, -0.1) is 0 Å². The summed E-state index contributed by atoms with van der Waals surface area (Å²) >= 11 is 0. The highest BCUT2D eigenvalue weighted by atomic mass is 16.6. The van der Waals surface area contributed by atoms with Crippen molar-refractivity contribution in [3.8, 4) is 0 Å². The molecule has 0 saturated carbocycles. The van der Waals surface area contributed by atoms with Crippen LogP contribution in [0, 0.1) is 0 Å². The molecule has 1 amide bonds. The SMILES string of the molecule is O=C1O[C@H](N2C(=O)CC[C@@H]2C(=O)[O-])c2ccccc21. The van der Waals surface area contributed by atoms with Gasteiger partial charge in [0.2, 0.25) is 12.1 Å². The van der Waals surface area contributed by atoms with Gasteiger partial charge in [0, 0.05) is 12.0 Å². The van der Waals surface area contributed by atoms with Gasteiger partial charge in [0.15, 0.2) is 0 Å². The zero-order chi connectivity index (χ0) is 13.6. The number of esters is 1. The molecule has 1 saturated heterocycles. The summed E-state index contributed by atoms with van der Waals surface area (Å²) in [5, 5.41) is 11.1. The second kappa shape index (κ2) is 4.08. The van der Waals surface area contributed by atoms with Crippen LogP contribution in [0.3, 0.4) is 0 Å². The molecule has 0 aliphatic carbocycles. The Morgan fingerprint density at radius 2 is 2.05 bits per heavy atom. The van der Waals surface area contributed by atoms with Gasteiger partial charge >= 0.3 is 5.97 Å². The van der Waals surface area contributed by atoms with E-state index in [1.807, 2.05) is 0 Å². The topological polar surface area (TPSA) is 86.7 Å². The van der Waals surface area contributed by atoms with Crippen LogP contribution >= 0.6 is 0 Å². The molecule has 0 unspecified atom stereocenters. The predicted molar refractivity (Wildman–Crippen MR) is 59.5 cm³/mol. The number of carboxylic acids is 1. The number of hydrogen-bond acceptors (Lipinski definition) is 5. The third-order valence-electron chi connectivity index (χ3n) is 3.45. The zero-order valence-corrected chi connectivity index (χ0v) is 9.87. The van der Waals surface area contributed by atoms with Crippen molar-refractivity contribution in [3.63, 3.8) is 0 Å². The highest BCUT2D eigenvalue weighted by molar-refractivity contribution is 5.95. The van der Waals surface area contributed by atoms with Crippen molar-refractivity contribution in [2.24, 2.45) is 0 Å². The number of rotatable bonds is 2. The quantitative estimate of drug-likeness (QED) is 0.675. The maximum atomic E-state index is 11.8. The number of likely N-dealkylation sites (tertiary alicyclic amines) is 1. The first kappa shape index (κ1) is 11.7. The molecule has 2 aliphatic heterocycles. The van der Waals surface area contributed by atoms with Gasteiger partial charge in [0.1, 0.15) is 0 Å². The first-order valence-corrected chi connectivity index (χ1v) is 5.91. The third kappa shape index (κ3) is 1.68. The van der Waals surface area contributed by atoms with E-state index in [4.69, 9.17) is 4.74 Å². The number of carbonyl (C=O) groups is 3. The van der Waals surface area contributed by atoms with Crippen molar-refractivity contribution in [3.05, 3.63) is 35.4 Å². The molecule has 2 aliphatic rings. The second-order valence-electron chi connectivity index (χ2n) is 4.52. The summed E-state index contributed by atoms with van der Waals surface area (Å²) in [7, 11) is 0. The van der Waals surface area contributed by atoms with Crippen LogP contribution in [0.25, 0.3) is 0 Å². The van der Waals surface area contributed by atoms with Crippen LogP contribution < -0.4 is 5.11 Å². The molecule has 1 aromatic rings. The van der Waals surface area contributed by atoms with Crippen molar-refractivity contribution >= 4 is 17.8 Å². The molecule has 3 rings (SSSR count). The fourth-order valence-corrected chi connectivity index (χ4v) is 2.56. The number of aliphatic carboxylic acids is 1. The van der Waals surface area contributed by atoms with Crippen LogP contribution in [0.15, 0.2) is 24.3 Å². The summed E-state index contributed by atoms with van der Waals surface area (Å²) < 4.78 is 5.14. The van der Waals surface area contributed by atoms with Gasteiger partial charge in [-0.2, -0.15) is 0 Å². The lowest BCUT2D eigenvalue weighted by Crippen LogP contribution is -2.47. The Kier molecular flexibility index (Phi) is 2.51. The van der Waals surface area contributed by atoms with Crippen LogP contribution in [-0.4, -0.2) is 28.8 Å². The maximum Gasteiger partial charge on any atom is 0.340 e. The summed E-state index contributed by atoms with van der Waals surface area (Å²) in [5.74, 6) is -2.22. The zero-order valence-electron chi connectivity index (χ0n) is 9.87. The lowest BCUT2D eigenvalue weighted by Gasteiger charge is -2.30. The predicted octanol–water partition coefficient (Wildman–Crippen LogP) is -0.404. The molecule has 98 valence electrons. The number of ether oxygens (including phenoxy) is 1. The number of carboxylic acid groups (broad SMARTS) is 1. The average molecular weight is 260 g/mol. The summed E-state index contributed by atoms with van der Waals surface area (Å²) in [6.07, 6.45) is -0.659. The fraction of sp³-hybridized carbons (Fsp3) is 0.308. The Bertz CT molecular complexity index is 582. The number of hydrogen-bond donors (Lipinski definition) is 0. The summed E-state index contributed by atoms with van der Waals surface area (Å²) in [4.78, 5) is 35.7. The molecular formula is C13H10NO5-. The molecule has 19 heavy (non-hydrogen) atoms. The van der Waals surface area contributed by atoms with E-state index in [1.54, 1.807) is 24.3 Å². The molecular weight excluding hydrogens is 250 g/mol. The van der Waals surface area contributed by atoms with Crippen LogP contribution in [-0.2, 0) is 14.3 Å². The first-order chi connectivity index (χ1) is 9.09. The minimum absolute atomic E-state index is 0.120. The van der Waals surface area contributed by atoms with Gasteiger partial charge in [-0.1, -0.05) is 18.2 Å². The molecule has 0 radical (unpaired) electrons. The Balaban J connectivity index is 2.01. The minimum Gasteiger partial charge on any atom is -0.548 e. The van der Waals surface area contributed by atoms with Gasteiger partial charge in [-0.3, -0.25) is 9.69 Å². The normalized spacial score (nSPS) is 25.4. The van der Waals surface area contributed by atoms with Crippen molar-refractivity contribution in [1.82, 2.24) is 4.90 Å². The largest absolute Gasteiger partial charge is 0.548 e. The highest BCUT2D eigenvalue weighted by Crippen LogP contribution is 2.37. The molecule has 0 N–H and O–H groups in total. The van der Waals surface area contributed by atoms with E-state index in [0.717, 1.165) is 4.90 Å². The monoisotopic (exact) mass is 260 g/mol. The molecule has 0 aromatic heterocycles. The van der Waals surface area contributed by atoms with Gasteiger partial charge in [-0.25, -0.2) is 4.79 Å². The van der Waals surface area contributed by atoms with Crippen molar-refractivity contribution < 1.29 is 24.2 Å². The van der Waals surface area contributed by atoms with Crippen LogP contribution in [0.5, 0.6) is 0 Å². The number of fused-ring (bicyclic) bond motifs is 1. The summed E-state index contributed by atoms with van der Waals surface area (Å²) in [6, 6.07) is 5.60. The lowest BCUT2D eigenvalue weighted by atomic mass is 10.1. The first-order valence-electron chi connectivity index (χ1n) is 5.91. The molecule has 2 atom stereocenters. The van der Waals surface area contributed by atoms with E-state index in [-0.39, 0.29) is 18.7 Å². The smallest absolute Gasteiger partial charge is 0.340 e. The Hall–Kier alpha value is -2.37. The molecule has 1 fully saturated rings. The number of benzene rings is 1. The Morgan fingerprint density at radius 1 is 1.32 bits per heavy atom. The average Bonchev–Trinajstić information content (AvgIpc) is 2.91. The molecule has 6 heteroatoms. The summed E-state index contributed by atoms with van der Waals surface area (Å²) in [6.45, 7) is 0. The number of amides is 1. The van der Waals surface area contributed by atoms with Gasteiger partial charge in [-0.05, 0) is 12.5 Å². The van der Waals surface area contributed by atoms with Crippen molar-refractivity contribution in [2.45, 2.75) is 25.1 Å². The number of nitrogens with zero attached hydrogens (tertiary/aromatic N) is 1. The lowest BCUT2D eigenvalue weighted by molar-refractivity contribution is -0.312. The Morgan fingerprint density at radius 3 is 2.79 bits per heavy atom. The number of carbonyl (C=O) groups excluding carboxylic acids is 3.